The highest BCUT2D eigenvalue weighted by molar-refractivity contribution is 9.10. The number of alkyl halides is 1. The normalized spacial score (nSPS) is 12.8. The smallest absolute Gasteiger partial charge is 0.120 e. The lowest BCUT2D eigenvalue weighted by atomic mass is 10.1. The molecular weight excluding hydrogens is 300 g/mol. The number of hydrogen-bond donors (Lipinski definition) is 0. The summed E-state index contributed by atoms with van der Waals surface area (Å²) >= 11 is 9.64. The van der Waals surface area contributed by atoms with Gasteiger partial charge in [-0.05, 0) is 43.4 Å². The molecule has 3 heteroatoms. The number of halogens is 2. The second kappa shape index (κ2) is 7.99. The average Bonchev–Trinajstić information content (AvgIpc) is 2.23. The van der Waals surface area contributed by atoms with Crippen molar-refractivity contribution in [2.75, 3.05) is 6.61 Å². The van der Waals surface area contributed by atoms with Crippen LogP contribution in [0.5, 0.6) is 5.75 Å². The van der Waals surface area contributed by atoms with E-state index in [1.807, 2.05) is 24.3 Å². The van der Waals surface area contributed by atoms with Crippen LogP contribution in [0.15, 0.2) is 28.7 Å². The zero-order chi connectivity index (χ0) is 12.7. The summed E-state index contributed by atoms with van der Waals surface area (Å²) in [6.45, 7) is 5.14. The number of hydrogen-bond acceptors (Lipinski definition) is 1. The molecule has 0 bridgehead atoms. The van der Waals surface area contributed by atoms with Gasteiger partial charge in [0.05, 0.1) is 6.61 Å². The molecule has 0 saturated carbocycles. The Balaban J connectivity index is 2.16. The van der Waals surface area contributed by atoms with Crippen LogP contribution in [0.3, 0.4) is 0 Å². The van der Waals surface area contributed by atoms with Crippen LogP contribution in [-0.2, 0) is 0 Å². The molecule has 0 aromatic heterocycles. The summed E-state index contributed by atoms with van der Waals surface area (Å²) in [5.74, 6) is 1.58. The van der Waals surface area contributed by atoms with E-state index >= 15 is 0 Å². The Morgan fingerprint density at radius 1 is 1.35 bits per heavy atom. The Labute approximate surface area is 118 Å². The van der Waals surface area contributed by atoms with E-state index in [-0.39, 0.29) is 5.38 Å². The number of benzene rings is 1. The van der Waals surface area contributed by atoms with Gasteiger partial charge < -0.3 is 4.74 Å². The van der Waals surface area contributed by atoms with Crippen molar-refractivity contribution >= 4 is 27.5 Å². The van der Waals surface area contributed by atoms with E-state index in [1.165, 1.54) is 0 Å². The Hall–Kier alpha value is -0.210. The summed E-state index contributed by atoms with van der Waals surface area (Å²) in [6, 6.07) is 7.91. The SMILES string of the molecule is CC(C)CC(Cl)CCCOc1cccc(Br)c1. The fourth-order valence-electron chi connectivity index (χ4n) is 1.68. The maximum absolute atomic E-state index is 6.22. The molecule has 1 nitrogen and oxygen atoms in total. The van der Waals surface area contributed by atoms with Crippen LogP contribution < -0.4 is 4.74 Å². The van der Waals surface area contributed by atoms with Crippen molar-refractivity contribution in [1.29, 1.82) is 0 Å². The fourth-order valence-corrected chi connectivity index (χ4v) is 2.57. The highest BCUT2D eigenvalue weighted by atomic mass is 79.9. The Kier molecular flexibility index (Phi) is 6.98. The van der Waals surface area contributed by atoms with Crippen molar-refractivity contribution in [3.63, 3.8) is 0 Å². The monoisotopic (exact) mass is 318 g/mol. The third kappa shape index (κ3) is 6.95. The third-order valence-corrected chi connectivity index (χ3v) is 3.34. The van der Waals surface area contributed by atoms with Crippen molar-refractivity contribution in [2.45, 2.75) is 38.5 Å². The summed E-state index contributed by atoms with van der Waals surface area (Å²) in [4.78, 5) is 0. The molecule has 0 amide bonds. The first-order chi connectivity index (χ1) is 8.08. The van der Waals surface area contributed by atoms with Gasteiger partial charge in [0, 0.05) is 9.85 Å². The van der Waals surface area contributed by atoms with Crippen LogP contribution in [0.4, 0.5) is 0 Å². The Bertz CT molecular complexity index is 328. The first kappa shape index (κ1) is 14.8. The minimum Gasteiger partial charge on any atom is -0.494 e. The molecule has 1 atom stereocenters. The van der Waals surface area contributed by atoms with Gasteiger partial charge in [0.15, 0.2) is 0 Å². The second-order valence-corrected chi connectivity index (χ2v) is 6.21. The molecular formula is C14H20BrClO. The first-order valence-corrected chi connectivity index (χ1v) is 7.33. The molecule has 1 aromatic carbocycles. The van der Waals surface area contributed by atoms with E-state index in [0.717, 1.165) is 36.1 Å². The summed E-state index contributed by atoms with van der Waals surface area (Å²) < 4.78 is 6.70. The molecule has 0 aliphatic heterocycles. The summed E-state index contributed by atoms with van der Waals surface area (Å²) in [5.41, 5.74) is 0. The second-order valence-electron chi connectivity index (χ2n) is 4.67. The molecule has 0 spiro atoms. The highest BCUT2D eigenvalue weighted by Gasteiger charge is 2.06. The van der Waals surface area contributed by atoms with Crippen LogP contribution in [0, 0.1) is 5.92 Å². The van der Waals surface area contributed by atoms with E-state index in [2.05, 4.69) is 29.8 Å². The van der Waals surface area contributed by atoms with Gasteiger partial charge in [0.25, 0.3) is 0 Å². The third-order valence-electron chi connectivity index (χ3n) is 2.45. The van der Waals surface area contributed by atoms with Crippen LogP contribution in [0.1, 0.15) is 33.1 Å². The largest absolute Gasteiger partial charge is 0.494 e. The van der Waals surface area contributed by atoms with Crippen molar-refractivity contribution in [1.82, 2.24) is 0 Å². The summed E-state index contributed by atoms with van der Waals surface area (Å²) in [5, 5.41) is 0.279. The standard InChI is InChI=1S/C14H20BrClO/c1-11(2)9-13(16)6-4-8-17-14-7-3-5-12(15)10-14/h3,5,7,10-11,13H,4,6,8-9H2,1-2H3. The van der Waals surface area contributed by atoms with Gasteiger partial charge >= 0.3 is 0 Å². The molecule has 1 rings (SSSR count). The molecule has 0 aliphatic carbocycles. The average molecular weight is 320 g/mol. The van der Waals surface area contributed by atoms with Gasteiger partial charge in [-0.1, -0.05) is 35.8 Å². The lowest BCUT2D eigenvalue weighted by Crippen LogP contribution is -2.06. The van der Waals surface area contributed by atoms with E-state index in [9.17, 15) is 0 Å². The zero-order valence-corrected chi connectivity index (χ0v) is 12.8. The minimum absolute atomic E-state index is 0.279. The van der Waals surface area contributed by atoms with Crippen molar-refractivity contribution in [3.05, 3.63) is 28.7 Å². The Morgan fingerprint density at radius 2 is 2.12 bits per heavy atom. The number of rotatable bonds is 7. The van der Waals surface area contributed by atoms with E-state index in [1.54, 1.807) is 0 Å². The van der Waals surface area contributed by atoms with E-state index < -0.39 is 0 Å². The summed E-state index contributed by atoms with van der Waals surface area (Å²) in [7, 11) is 0. The topological polar surface area (TPSA) is 9.23 Å². The zero-order valence-electron chi connectivity index (χ0n) is 10.5. The molecule has 0 saturated heterocycles. The Morgan fingerprint density at radius 3 is 2.76 bits per heavy atom. The predicted octanol–water partition coefficient (Wildman–Crippen LogP) is 5.26. The van der Waals surface area contributed by atoms with Gasteiger partial charge in [-0.2, -0.15) is 0 Å². The highest BCUT2D eigenvalue weighted by Crippen LogP contribution is 2.19. The molecule has 0 radical (unpaired) electrons. The molecule has 0 aliphatic rings. The molecule has 96 valence electrons. The molecule has 0 fully saturated rings. The van der Waals surface area contributed by atoms with Crippen molar-refractivity contribution < 1.29 is 4.74 Å². The molecule has 1 unspecified atom stereocenters. The van der Waals surface area contributed by atoms with Crippen LogP contribution >= 0.6 is 27.5 Å². The van der Waals surface area contributed by atoms with Gasteiger partial charge in [-0.3, -0.25) is 0 Å². The number of ether oxygens (including phenoxy) is 1. The maximum atomic E-state index is 6.22. The lowest BCUT2D eigenvalue weighted by Gasteiger charge is -2.12. The molecule has 0 heterocycles. The minimum atomic E-state index is 0.279. The van der Waals surface area contributed by atoms with Gasteiger partial charge in [-0.15, -0.1) is 11.6 Å². The van der Waals surface area contributed by atoms with Gasteiger partial charge in [0.2, 0.25) is 0 Å². The van der Waals surface area contributed by atoms with E-state index in [4.69, 9.17) is 16.3 Å². The fraction of sp³-hybridized carbons (Fsp3) is 0.571. The van der Waals surface area contributed by atoms with Crippen LogP contribution in [0.25, 0.3) is 0 Å². The maximum Gasteiger partial charge on any atom is 0.120 e. The van der Waals surface area contributed by atoms with Gasteiger partial charge in [-0.25, -0.2) is 0 Å². The van der Waals surface area contributed by atoms with Crippen LogP contribution in [-0.4, -0.2) is 12.0 Å². The van der Waals surface area contributed by atoms with E-state index in [0.29, 0.717) is 5.92 Å². The predicted molar refractivity (Wildman–Crippen MR) is 78.0 cm³/mol. The molecule has 0 N–H and O–H groups in total. The van der Waals surface area contributed by atoms with Crippen LogP contribution in [0.2, 0.25) is 0 Å². The summed E-state index contributed by atoms with van der Waals surface area (Å²) in [6.07, 6.45) is 3.11. The van der Waals surface area contributed by atoms with Crippen molar-refractivity contribution in [3.8, 4) is 5.75 Å². The van der Waals surface area contributed by atoms with Crippen molar-refractivity contribution in [2.24, 2.45) is 5.92 Å². The lowest BCUT2D eigenvalue weighted by molar-refractivity contribution is 0.303. The molecule has 1 aromatic rings. The van der Waals surface area contributed by atoms with Gasteiger partial charge in [0.1, 0.15) is 5.75 Å². The quantitative estimate of drug-likeness (QED) is 0.492. The first-order valence-electron chi connectivity index (χ1n) is 6.10. The molecule has 17 heavy (non-hydrogen) atoms.